The van der Waals surface area contributed by atoms with Crippen LogP contribution in [0.1, 0.15) is 30.1 Å². The molecule has 7 heteroatoms. The van der Waals surface area contributed by atoms with Crippen LogP contribution >= 0.6 is 11.6 Å². The molecule has 0 saturated carbocycles. The lowest BCUT2D eigenvalue weighted by atomic mass is 10.0. The number of nitrogens with zero attached hydrogens (tertiary/aromatic N) is 1. The van der Waals surface area contributed by atoms with Crippen LogP contribution in [0.15, 0.2) is 23.1 Å². The summed E-state index contributed by atoms with van der Waals surface area (Å²) in [6, 6.07) is 3.78. The zero-order chi connectivity index (χ0) is 14.9. The van der Waals surface area contributed by atoms with Crippen LogP contribution in [0.25, 0.3) is 0 Å². The molecule has 0 bridgehead atoms. The van der Waals surface area contributed by atoms with E-state index in [1.165, 1.54) is 16.4 Å². The van der Waals surface area contributed by atoms with Gasteiger partial charge in [-0.15, -0.1) is 0 Å². The van der Waals surface area contributed by atoms with Crippen molar-refractivity contribution in [3.05, 3.63) is 28.8 Å². The molecule has 0 radical (unpaired) electrons. The molecule has 1 fully saturated rings. The van der Waals surface area contributed by atoms with Crippen LogP contribution in [0.5, 0.6) is 0 Å². The summed E-state index contributed by atoms with van der Waals surface area (Å²) in [5, 5.41) is 9.04. The van der Waals surface area contributed by atoms with E-state index < -0.39 is 16.0 Å². The molecule has 20 heavy (non-hydrogen) atoms. The quantitative estimate of drug-likeness (QED) is 0.929. The van der Waals surface area contributed by atoms with Crippen molar-refractivity contribution < 1.29 is 18.3 Å². The molecule has 0 amide bonds. The van der Waals surface area contributed by atoms with Gasteiger partial charge < -0.3 is 5.11 Å². The highest BCUT2D eigenvalue weighted by Gasteiger charge is 2.28. The minimum atomic E-state index is -3.65. The maximum Gasteiger partial charge on any atom is 0.337 e. The van der Waals surface area contributed by atoms with Gasteiger partial charge in [-0.1, -0.05) is 18.5 Å². The monoisotopic (exact) mass is 317 g/mol. The van der Waals surface area contributed by atoms with E-state index in [9.17, 15) is 13.2 Å². The maximum absolute atomic E-state index is 12.5. The first-order valence-corrected chi connectivity index (χ1v) is 8.17. The molecule has 1 aromatic rings. The Bertz CT molecular complexity index is 621. The van der Waals surface area contributed by atoms with Crippen molar-refractivity contribution in [3.63, 3.8) is 0 Å². The van der Waals surface area contributed by atoms with Crippen molar-refractivity contribution in [2.24, 2.45) is 5.92 Å². The number of benzene rings is 1. The van der Waals surface area contributed by atoms with Gasteiger partial charge in [-0.3, -0.25) is 0 Å². The molecule has 0 aromatic heterocycles. The van der Waals surface area contributed by atoms with Crippen LogP contribution < -0.4 is 0 Å². The average Bonchev–Trinajstić information content (AvgIpc) is 2.39. The first-order chi connectivity index (χ1) is 9.32. The molecular weight excluding hydrogens is 302 g/mol. The number of halogens is 1. The van der Waals surface area contributed by atoms with Crippen LogP contribution in [0.4, 0.5) is 0 Å². The van der Waals surface area contributed by atoms with Crippen molar-refractivity contribution in [1.29, 1.82) is 0 Å². The summed E-state index contributed by atoms with van der Waals surface area (Å²) in [4.78, 5) is 11.0. The molecule has 0 aliphatic carbocycles. The van der Waals surface area contributed by atoms with Crippen LogP contribution in [0.2, 0.25) is 5.02 Å². The number of carboxylic acids is 1. The largest absolute Gasteiger partial charge is 0.478 e. The Morgan fingerprint density at radius 2 is 1.95 bits per heavy atom. The SMILES string of the molecule is CC1CCN(S(=O)(=O)c2ccc(Cl)c(C(=O)O)c2)CC1. The predicted molar refractivity (Wildman–Crippen MR) is 75.6 cm³/mol. The molecule has 1 aromatic carbocycles. The Hall–Kier alpha value is -1.11. The van der Waals surface area contributed by atoms with Crippen LogP contribution in [-0.2, 0) is 10.0 Å². The molecule has 1 heterocycles. The molecule has 0 atom stereocenters. The van der Waals surface area contributed by atoms with Gasteiger partial charge in [0, 0.05) is 13.1 Å². The Morgan fingerprint density at radius 1 is 1.35 bits per heavy atom. The van der Waals surface area contributed by atoms with Gasteiger partial charge in [0.2, 0.25) is 10.0 Å². The Kier molecular flexibility index (Phi) is 4.36. The van der Waals surface area contributed by atoms with E-state index in [0.29, 0.717) is 19.0 Å². The molecule has 5 nitrogen and oxygen atoms in total. The predicted octanol–water partition coefficient (Wildman–Crippen LogP) is 2.46. The number of aromatic carboxylic acids is 1. The second kappa shape index (κ2) is 5.71. The van der Waals surface area contributed by atoms with Gasteiger partial charge in [-0.25, -0.2) is 13.2 Å². The van der Waals surface area contributed by atoms with Crippen LogP contribution in [-0.4, -0.2) is 36.9 Å². The second-order valence-corrected chi connectivity index (χ2v) is 7.38. The third-order valence-corrected chi connectivity index (χ3v) is 5.77. The molecule has 1 saturated heterocycles. The molecular formula is C13H16ClNO4S. The normalized spacial score (nSPS) is 18.1. The third kappa shape index (κ3) is 2.97. The van der Waals surface area contributed by atoms with E-state index in [0.717, 1.165) is 18.9 Å². The number of sulfonamides is 1. The lowest BCUT2D eigenvalue weighted by molar-refractivity contribution is 0.0697. The molecule has 110 valence electrons. The Labute approximate surface area is 123 Å². The fraction of sp³-hybridized carbons (Fsp3) is 0.462. The second-order valence-electron chi connectivity index (χ2n) is 5.03. The van der Waals surface area contributed by atoms with Gasteiger partial charge >= 0.3 is 5.97 Å². The van der Waals surface area contributed by atoms with E-state index in [4.69, 9.17) is 16.7 Å². The Morgan fingerprint density at radius 3 is 2.50 bits per heavy atom. The van der Waals surface area contributed by atoms with Crippen molar-refractivity contribution in [2.75, 3.05) is 13.1 Å². The van der Waals surface area contributed by atoms with Gasteiger partial charge in [0.05, 0.1) is 15.5 Å². The zero-order valence-electron chi connectivity index (χ0n) is 11.0. The first-order valence-electron chi connectivity index (χ1n) is 6.35. The summed E-state index contributed by atoms with van der Waals surface area (Å²) in [7, 11) is -3.65. The minimum absolute atomic E-state index is 0.0196. The molecule has 1 aliphatic rings. The fourth-order valence-electron chi connectivity index (χ4n) is 2.20. The smallest absolute Gasteiger partial charge is 0.337 e. The average molecular weight is 318 g/mol. The lowest BCUT2D eigenvalue weighted by Crippen LogP contribution is -2.37. The van der Waals surface area contributed by atoms with Crippen LogP contribution in [0, 0.1) is 5.92 Å². The summed E-state index contributed by atoms with van der Waals surface area (Å²) < 4.78 is 26.3. The van der Waals surface area contributed by atoms with Gasteiger partial charge in [0.25, 0.3) is 0 Å². The molecule has 1 N–H and O–H groups in total. The van der Waals surface area contributed by atoms with E-state index >= 15 is 0 Å². The highest BCUT2D eigenvalue weighted by Crippen LogP contribution is 2.26. The highest BCUT2D eigenvalue weighted by atomic mass is 35.5. The van der Waals surface area contributed by atoms with Crippen LogP contribution in [0.3, 0.4) is 0 Å². The molecule has 0 spiro atoms. The number of carboxylic acid groups (broad SMARTS) is 1. The summed E-state index contributed by atoms with van der Waals surface area (Å²) in [5.74, 6) is -0.722. The summed E-state index contributed by atoms with van der Waals surface area (Å²) in [5.41, 5.74) is -0.196. The third-order valence-electron chi connectivity index (χ3n) is 3.55. The number of rotatable bonds is 3. The number of carbonyl (C=O) groups is 1. The van der Waals surface area contributed by atoms with E-state index in [-0.39, 0.29) is 15.5 Å². The van der Waals surface area contributed by atoms with E-state index in [1.807, 2.05) is 0 Å². The fourth-order valence-corrected chi connectivity index (χ4v) is 3.90. The van der Waals surface area contributed by atoms with Crippen molar-refractivity contribution in [3.8, 4) is 0 Å². The van der Waals surface area contributed by atoms with E-state index in [1.54, 1.807) is 0 Å². The molecule has 2 rings (SSSR count). The van der Waals surface area contributed by atoms with Gasteiger partial charge in [0.1, 0.15) is 0 Å². The lowest BCUT2D eigenvalue weighted by Gasteiger charge is -2.29. The van der Waals surface area contributed by atoms with Gasteiger partial charge in [0.15, 0.2) is 0 Å². The number of piperidine rings is 1. The number of hydrogen-bond acceptors (Lipinski definition) is 3. The van der Waals surface area contributed by atoms with Crippen molar-refractivity contribution in [2.45, 2.75) is 24.7 Å². The first kappa shape index (κ1) is 15.3. The minimum Gasteiger partial charge on any atom is -0.478 e. The Balaban J connectivity index is 2.35. The van der Waals surface area contributed by atoms with Gasteiger partial charge in [-0.2, -0.15) is 4.31 Å². The highest BCUT2D eigenvalue weighted by molar-refractivity contribution is 7.89. The van der Waals surface area contributed by atoms with Crippen molar-refractivity contribution >= 4 is 27.6 Å². The molecule has 0 unspecified atom stereocenters. The summed E-state index contributed by atoms with van der Waals surface area (Å²) >= 11 is 5.76. The molecule has 1 aliphatic heterocycles. The summed E-state index contributed by atoms with van der Waals surface area (Å²) in [6.45, 7) is 3.03. The zero-order valence-corrected chi connectivity index (χ0v) is 12.6. The standard InChI is InChI=1S/C13H16ClNO4S/c1-9-4-6-15(7-5-9)20(18,19)10-2-3-12(14)11(8-10)13(16)17/h2-3,8-9H,4-7H2,1H3,(H,16,17). The van der Waals surface area contributed by atoms with Gasteiger partial charge in [-0.05, 0) is 37.0 Å². The number of hydrogen-bond donors (Lipinski definition) is 1. The maximum atomic E-state index is 12.5. The topological polar surface area (TPSA) is 74.7 Å². The summed E-state index contributed by atoms with van der Waals surface area (Å²) in [6.07, 6.45) is 1.64. The van der Waals surface area contributed by atoms with Crippen molar-refractivity contribution in [1.82, 2.24) is 4.31 Å². The van der Waals surface area contributed by atoms with E-state index in [2.05, 4.69) is 6.92 Å².